The second-order valence-corrected chi connectivity index (χ2v) is 7.71. The van der Waals surface area contributed by atoms with Crippen LogP contribution in [0.3, 0.4) is 0 Å². The van der Waals surface area contributed by atoms with E-state index in [1.807, 2.05) is 12.3 Å². The molecular weight excluding hydrogens is 268 g/mol. The highest BCUT2D eigenvalue weighted by atomic mass is 32.2. The average Bonchev–Trinajstić information content (AvgIpc) is 2.91. The number of hydrogen-bond donors (Lipinski definition) is 1. The van der Waals surface area contributed by atoms with Gasteiger partial charge in [-0.25, -0.2) is 8.42 Å². The number of nitrogens with one attached hydrogen (secondary N) is 1. The van der Waals surface area contributed by atoms with Crippen molar-refractivity contribution in [3.05, 3.63) is 17.5 Å². The van der Waals surface area contributed by atoms with Crippen molar-refractivity contribution in [2.24, 2.45) is 5.92 Å². The lowest BCUT2D eigenvalue weighted by Gasteiger charge is -2.28. The first-order valence-electron chi connectivity index (χ1n) is 6.39. The van der Waals surface area contributed by atoms with E-state index in [4.69, 9.17) is 0 Å². The number of thiophene rings is 1. The van der Waals surface area contributed by atoms with E-state index in [2.05, 4.69) is 5.32 Å². The van der Waals surface area contributed by atoms with Crippen LogP contribution in [0.5, 0.6) is 0 Å². The second kappa shape index (κ2) is 6.14. The van der Waals surface area contributed by atoms with E-state index in [0.717, 1.165) is 25.9 Å². The van der Waals surface area contributed by atoms with Crippen LogP contribution in [0.2, 0.25) is 0 Å². The lowest BCUT2D eigenvalue weighted by molar-refractivity contribution is 0.298. The third-order valence-electron chi connectivity index (χ3n) is 3.30. The van der Waals surface area contributed by atoms with Crippen LogP contribution in [0.4, 0.5) is 0 Å². The molecule has 1 N–H and O–H groups in total. The number of nitrogens with zero attached hydrogens (tertiary/aromatic N) is 1. The summed E-state index contributed by atoms with van der Waals surface area (Å²) in [5.74, 6) is 0.438. The van der Waals surface area contributed by atoms with E-state index in [0.29, 0.717) is 23.2 Å². The van der Waals surface area contributed by atoms with Gasteiger partial charge in [0.1, 0.15) is 4.21 Å². The van der Waals surface area contributed by atoms with Gasteiger partial charge >= 0.3 is 0 Å². The zero-order valence-corrected chi connectivity index (χ0v) is 12.3. The molecule has 0 saturated carbocycles. The largest absolute Gasteiger partial charge is 0.316 e. The van der Waals surface area contributed by atoms with Gasteiger partial charge in [-0.3, -0.25) is 0 Å². The molecule has 1 saturated heterocycles. The van der Waals surface area contributed by atoms with Crippen LogP contribution in [0.15, 0.2) is 21.7 Å². The number of rotatable bonds is 5. The summed E-state index contributed by atoms with van der Waals surface area (Å²) in [5.41, 5.74) is 0. The fourth-order valence-electron chi connectivity index (χ4n) is 2.30. The fourth-order valence-corrected chi connectivity index (χ4v) is 4.97. The molecule has 1 unspecified atom stereocenters. The Balaban J connectivity index is 2.08. The van der Waals surface area contributed by atoms with Gasteiger partial charge in [-0.05, 0) is 43.3 Å². The van der Waals surface area contributed by atoms with Crippen molar-refractivity contribution in [1.29, 1.82) is 0 Å². The Kier molecular flexibility index (Phi) is 4.77. The molecular formula is C12H20N2O2S2. The molecule has 0 aliphatic carbocycles. The Morgan fingerprint density at radius 2 is 2.39 bits per heavy atom. The van der Waals surface area contributed by atoms with E-state index < -0.39 is 10.0 Å². The van der Waals surface area contributed by atoms with Crippen molar-refractivity contribution in [3.8, 4) is 0 Å². The van der Waals surface area contributed by atoms with Crippen molar-refractivity contribution in [2.75, 3.05) is 26.2 Å². The molecule has 2 rings (SSSR count). The normalized spacial score (nSPS) is 21.3. The zero-order chi connectivity index (χ0) is 13.0. The fraction of sp³-hybridized carbons (Fsp3) is 0.667. The summed E-state index contributed by atoms with van der Waals surface area (Å²) in [6, 6.07) is 3.47. The highest BCUT2D eigenvalue weighted by Crippen LogP contribution is 2.23. The van der Waals surface area contributed by atoms with Crippen molar-refractivity contribution in [3.63, 3.8) is 0 Å². The Morgan fingerprint density at radius 1 is 1.56 bits per heavy atom. The summed E-state index contributed by atoms with van der Waals surface area (Å²) in [7, 11) is -3.28. The summed E-state index contributed by atoms with van der Waals surface area (Å²) in [5, 5.41) is 5.14. The Labute approximate surface area is 113 Å². The van der Waals surface area contributed by atoms with Crippen molar-refractivity contribution in [2.45, 2.75) is 24.0 Å². The smallest absolute Gasteiger partial charge is 0.252 e. The van der Waals surface area contributed by atoms with Crippen LogP contribution in [0, 0.1) is 5.92 Å². The van der Waals surface area contributed by atoms with Crippen molar-refractivity contribution >= 4 is 21.4 Å². The summed E-state index contributed by atoms with van der Waals surface area (Å²) >= 11 is 1.29. The molecule has 1 aliphatic heterocycles. The van der Waals surface area contributed by atoms with Crippen LogP contribution in [-0.2, 0) is 10.0 Å². The maximum absolute atomic E-state index is 12.4. The molecule has 6 heteroatoms. The van der Waals surface area contributed by atoms with Gasteiger partial charge in [0.15, 0.2) is 0 Å². The maximum atomic E-state index is 12.4. The molecule has 2 heterocycles. The molecule has 1 aromatic heterocycles. The molecule has 1 fully saturated rings. The Bertz CT molecular complexity index is 450. The van der Waals surface area contributed by atoms with E-state index in [1.54, 1.807) is 16.4 Å². The van der Waals surface area contributed by atoms with Gasteiger partial charge in [-0.15, -0.1) is 11.3 Å². The van der Waals surface area contributed by atoms with Crippen LogP contribution >= 0.6 is 11.3 Å². The van der Waals surface area contributed by atoms with E-state index in [-0.39, 0.29) is 0 Å². The molecule has 1 atom stereocenters. The topological polar surface area (TPSA) is 49.4 Å². The second-order valence-electron chi connectivity index (χ2n) is 4.60. The minimum Gasteiger partial charge on any atom is -0.316 e. The molecule has 0 amide bonds. The first-order chi connectivity index (χ1) is 8.64. The third-order valence-corrected chi connectivity index (χ3v) is 6.62. The zero-order valence-electron chi connectivity index (χ0n) is 10.6. The first-order valence-corrected chi connectivity index (χ1v) is 8.71. The molecule has 102 valence electrons. The van der Waals surface area contributed by atoms with Gasteiger partial charge in [0.05, 0.1) is 0 Å². The highest BCUT2D eigenvalue weighted by molar-refractivity contribution is 7.91. The number of sulfonamides is 1. The summed E-state index contributed by atoms with van der Waals surface area (Å²) in [4.78, 5) is 0. The van der Waals surface area contributed by atoms with E-state index >= 15 is 0 Å². The number of piperidine rings is 1. The third kappa shape index (κ3) is 3.12. The Morgan fingerprint density at radius 3 is 2.94 bits per heavy atom. The molecule has 0 aromatic carbocycles. The molecule has 18 heavy (non-hydrogen) atoms. The quantitative estimate of drug-likeness (QED) is 0.898. The van der Waals surface area contributed by atoms with Crippen molar-refractivity contribution in [1.82, 2.24) is 9.62 Å². The molecule has 4 nitrogen and oxygen atoms in total. The lowest BCUT2D eigenvalue weighted by atomic mass is 10.00. The summed E-state index contributed by atoms with van der Waals surface area (Å²) in [6.07, 6.45) is 2.25. The number of hydrogen-bond acceptors (Lipinski definition) is 4. The maximum Gasteiger partial charge on any atom is 0.252 e. The highest BCUT2D eigenvalue weighted by Gasteiger charge is 2.27. The predicted molar refractivity (Wildman–Crippen MR) is 74.3 cm³/mol. The minimum atomic E-state index is -3.28. The minimum absolute atomic E-state index is 0.438. The summed E-state index contributed by atoms with van der Waals surface area (Å²) < 4.78 is 26.9. The van der Waals surface area contributed by atoms with E-state index in [9.17, 15) is 8.42 Å². The van der Waals surface area contributed by atoms with Gasteiger partial charge in [0.25, 0.3) is 10.0 Å². The monoisotopic (exact) mass is 288 g/mol. The van der Waals surface area contributed by atoms with Crippen LogP contribution in [0.25, 0.3) is 0 Å². The predicted octanol–water partition coefficient (Wildman–Crippen LogP) is 1.76. The van der Waals surface area contributed by atoms with E-state index in [1.165, 1.54) is 11.3 Å². The molecule has 0 bridgehead atoms. The van der Waals surface area contributed by atoms with Crippen LogP contribution in [-0.4, -0.2) is 38.9 Å². The van der Waals surface area contributed by atoms with Gasteiger partial charge in [-0.2, -0.15) is 4.31 Å². The SMILES string of the molecule is CCN(CC1CCCNC1)S(=O)(=O)c1cccs1. The summed E-state index contributed by atoms with van der Waals surface area (Å²) in [6.45, 7) is 5.05. The van der Waals surface area contributed by atoms with Gasteiger partial charge in [0, 0.05) is 13.1 Å². The van der Waals surface area contributed by atoms with Crippen LogP contribution in [0.1, 0.15) is 19.8 Å². The lowest BCUT2D eigenvalue weighted by Crippen LogP contribution is -2.40. The first kappa shape index (κ1) is 14.0. The Hall–Kier alpha value is -0.430. The molecule has 0 spiro atoms. The van der Waals surface area contributed by atoms with Gasteiger partial charge in [-0.1, -0.05) is 13.0 Å². The standard InChI is InChI=1S/C12H20N2O2S2/c1-2-14(10-11-5-3-7-13-9-11)18(15,16)12-6-4-8-17-12/h4,6,8,11,13H,2-3,5,7,9-10H2,1H3. The van der Waals surface area contributed by atoms with Crippen molar-refractivity contribution < 1.29 is 8.42 Å². The average molecular weight is 288 g/mol. The van der Waals surface area contributed by atoms with Crippen LogP contribution < -0.4 is 5.32 Å². The molecule has 1 aromatic rings. The molecule has 0 radical (unpaired) electrons. The van der Waals surface area contributed by atoms with Gasteiger partial charge < -0.3 is 5.32 Å². The van der Waals surface area contributed by atoms with Gasteiger partial charge in [0.2, 0.25) is 0 Å². The molecule has 1 aliphatic rings.